The van der Waals surface area contributed by atoms with Gasteiger partial charge >= 0.3 is 0 Å². The number of rotatable bonds is 5. The van der Waals surface area contributed by atoms with Gasteiger partial charge in [-0.05, 0) is 32.3 Å². The summed E-state index contributed by atoms with van der Waals surface area (Å²) in [6.45, 7) is 5.32. The monoisotopic (exact) mass is 207 g/mol. The third-order valence-electron chi connectivity index (χ3n) is 3.38. The highest BCUT2D eigenvalue weighted by molar-refractivity contribution is 5.00. The lowest BCUT2D eigenvalue weighted by molar-refractivity contribution is 0.335. The molecule has 1 aliphatic rings. The van der Waals surface area contributed by atoms with Crippen molar-refractivity contribution in [1.82, 2.24) is 15.1 Å². The van der Waals surface area contributed by atoms with Crippen LogP contribution in [0.25, 0.3) is 0 Å². The summed E-state index contributed by atoms with van der Waals surface area (Å²) in [7, 11) is 0. The van der Waals surface area contributed by atoms with E-state index in [0.717, 1.165) is 19.0 Å². The van der Waals surface area contributed by atoms with E-state index in [9.17, 15) is 0 Å². The molecule has 15 heavy (non-hydrogen) atoms. The molecule has 84 valence electrons. The van der Waals surface area contributed by atoms with Crippen LogP contribution in [0.15, 0.2) is 12.3 Å². The van der Waals surface area contributed by atoms with Crippen molar-refractivity contribution < 1.29 is 0 Å². The Morgan fingerprint density at radius 3 is 3.00 bits per heavy atom. The summed E-state index contributed by atoms with van der Waals surface area (Å²) in [6, 6.07) is 3.39. The summed E-state index contributed by atoms with van der Waals surface area (Å²) >= 11 is 0. The Bertz CT molecular complexity index is 302. The highest BCUT2D eigenvalue weighted by Crippen LogP contribution is 2.18. The summed E-state index contributed by atoms with van der Waals surface area (Å²) < 4.78 is 2.07. The zero-order chi connectivity index (χ0) is 10.7. The molecule has 0 bridgehead atoms. The number of hydrogen-bond acceptors (Lipinski definition) is 2. The molecule has 1 aliphatic carbocycles. The molecule has 0 amide bonds. The highest BCUT2D eigenvalue weighted by Gasteiger charge is 2.16. The first-order chi connectivity index (χ1) is 7.29. The number of aromatic nitrogens is 2. The summed E-state index contributed by atoms with van der Waals surface area (Å²) in [4.78, 5) is 0. The average Bonchev–Trinajstić information content (AvgIpc) is 2.63. The minimum Gasteiger partial charge on any atom is -0.308 e. The van der Waals surface area contributed by atoms with Crippen LogP contribution >= 0.6 is 0 Å². The van der Waals surface area contributed by atoms with Crippen LogP contribution < -0.4 is 5.32 Å². The van der Waals surface area contributed by atoms with Gasteiger partial charge in [0, 0.05) is 24.8 Å². The smallest absolute Gasteiger partial charge is 0.0762 e. The van der Waals surface area contributed by atoms with E-state index in [4.69, 9.17) is 0 Å². The Kier molecular flexibility index (Phi) is 3.41. The van der Waals surface area contributed by atoms with Crippen LogP contribution in [0.5, 0.6) is 0 Å². The van der Waals surface area contributed by atoms with Gasteiger partial charge in [0.05, 0.1) is 5.69 Å². The van der Waals surface area contributed by atoms with Crippen molar-refractivity contribution in [2.24, 2.45) is 0 Å². The lowest BCUT2D eigenvalue weighted by atomic mass is 9.93. The van der Waals surface area contributed by atoms with Crippen LogP contribution in [0, 0.1) is 0 Å². The second-order valence-corrected chi connectivity index (χ2v) is 4.55. The van der Waals surface area contributed by atoms with Gasteiger partial charge in [0.25, 0.3) is 0 Å². The predicted molar refractivity (Wildman–Crippen MR) is 61.7 cm³/mol. The van der Waals surface area contributed by atoms with E-state index in [0.29, 0.717) is 6.04 Å². The number of nitrogens with one attached hydrogen (secondary N) is 1. The second kappa shape index (κ2) is 4.79. The first kappa shape index (κ1) is 10.7. The lowest BCUT2D eigenvalue weighted by Crippen LogP contribution is -2.34. The molecule has 0 aromatic carbocycles. The van der Waals surface area contributed by atoms with Crippen LogP contribution in [-0.2, 0) is 6.54 Å². The van der Waals surface area contributed by atoms with Crippen LogP contribution in [0.2, 0.25) is 0 Å². The SMILES string of the molecule is CCC(C)n1ccc(CNC2CCC2)n1. The molecule has 2 rings (SSSR count). The van der Waals surface area contributed by atoms with Gasteiger partial charge in [0.15, 0.2) is 0 Å². The molecule has 1 saturated carbocycles. The van der Waals surface area contributed by atoms with Crippen LogP contribution in [0.1, 0.15) is 51.3 Å². The van der Waals surface area contributed by atoms with Crippen LogP contribution in [0.3, 0.4) is 0 Å². The van der Waals surface area contributed by atoms with Crippen molar-refractivity contribution in [3.8, 4) is 0 Å². The average molecular weight is 207 g/mol. The van der Waals surface area contributed by atoms with Crippen LogP contribution in [0.4, 0.5) is 0 Å². The van der Waals surface area contributed by atoms with Crippen LogP contribution in [-0.4, -0.2) is 15.8 Å². The molecular formula is C12H21N3. The van der Waals surface area contributed by atoms with Crippen molar-refractivity contribution in [3.63, 3.8) is 0 Å². The third kappa shape index (κ3) is 2.59. The maximum Gasteiger partial charge on any atom is 0.0762 e. The van der Waals surface area contributed by atoms with E-state index in [1.54, 1.807) is 0 Å². The molecule has 1 atom stereocenters. The standard InChI is InChI=1S/C12H21N3/c1-3-10(2)15-8-7-12(14-15)9-13-11-5-4-6-11/h7-8,10-11,13H,3-6,9H2,1-2H3. The van der Waals surface area contributed by atoms with Crippen molar-refractivity contribution in [2.75, 3.05) is 0 Å². The van der Waals surface area contributed by atoms with Gasteiger partial charge in [-0.25, -0.2) is 0 Å². The Balaban J connectivity index is 1.83. The first-order valence-electron chi connectivity index (χ1n) is 6.07. The Morgan fingerprint density at radius 2 is 2.40 bits per heavy atom. The fourth-order valence-electron chi connectivity index (χ4n) is 1.77. The van der Waals surface area contributed by atoms with Crippen molar-refractivity contribution in [2.45, 2.75) is 58.2 Å². The van der Waals surface area contributed by atoms with Crippen molar-refractivity contribution in [1.29, 1.82) is 0 Å². The minimum atomic E-state index is 0.516. The van der Waals surface area contributed by atoms with E-state index in [1.807, 2.05) is 0 Å². The normalized spacial score (nSPS) is 18.8. The molecule has 0 radical (unpaired) electrons. The summed E-state index contributed by atoms with van der Waals surface area (Å²) in [5.41, 5.74) is 1.17. The highest BCUT2D eigenvalue weighted by atomic mass is 15.3. The Labute approximate surface area is 91.9 Å². The molecule has 1 unspecified atom stereocenters. The quantitative estimate of drug-likeness (QED) is 0.804. The molecule has 1 N–H and O–H groups in total. The summed E-state index contributed by atoms with van der Waals surface area (Å²) in [5.74, 6) is 0. The number of nitrogens with zero attached hydrogens (tertiary/aromatic N) is 2. The molecule has 1 fully saturated rings. The van der Waals surface area contributed by atoms with Gasteiger partial charge in [0.2, 0.25) is 0 Å². The summed E-state index contributed by atoms with van der Waals surface area (Å²) in [6.07, 6.45) is 7.29. The van der Waals surface area contributed by atoms with Gasteiger partial charge in [0.1, 0.15) is 0 Å². The van der Waals surface area contributed by atoms with E-state index in [1.165, 1.54) is 25.0 Å². The molecule has 1 aromatic heterocycles. The zero-order valence-electron chi connectivity index (χ0n) is 9.74. The second-order valence-electron chi connectivity index (χ2n) is 4.55. The van der Waals surface area contributed by atoms with Crippen molar-refractivity contribution in [3.05, 3.63) is 18.0 Å². The molecule has 0 aliphatic heterocycles. The maximum absolute atomic E-state index is 4.57. The van der Waals surface area contributed by atoms with E-state index < -0.39 is 0 Å². The predicted octanol–water partition coefficient (Wildman–Crippen LogP) is 2.50. The Hall–Kier alpha value is -0.830. The van der Waals surface area contributed by atoms with Crippen molar-refractivity contribution >= 4 is 0 Å². The van der Waals surface area contributed by atoms with Gasteiger partial charge in [-0.2, -0.15) is 5.10 Å². The molecule has 3 nitrogen and oxygen atoms in total. The number of hydrogen-bond donors (Lipinski definition) is 1. The summed E-state index contributed by atoms with van der Waals surface area (Å²) in [5, 5.41) is 8.10. The lowest BCUT2D eigenvalue weighted by Gasteiger charge is -2.26. The van der Waals surface area contributed by atoms with E-state index in [2.05, 4.69) is 41.2 Å². The van der Waals surface area contributed by atoms with E-state index in [-0.39, 0.29) is 0 Å². The molecule has 3 heteroatoms. The van der Waals surface area contributed by atoms with Gasteiger partial charge in [-0.15, -0.1) is 0 Å². The topological polar surface area (TPSA) is 29.9 Å². The molecular weight excluding hydrogens is 186 g/mol. The molecule has 1 heterocycles. The fraction of sp³-hybridized carbons (Fsp3) is 0.750. The first-order valence-corrected chi connectivity index (χ1v) is 6.07. The van der Waals surface area contributed by atoms with Gasteiger partial charge in [-0.1, -0.05) is 13.3 Å². The Morgan fingerprint density at radius 1 is 1.60 bits per heavy atom. The minimum absolute atomic E-state index is 0.516. The molecule has 0 spiro atoms. The van der Waals surface area contributed by atoms with Gasteiger partial charge in [-0.3, -0.25) is 4.68 Å². The fourth-order valence-corrected chi connectivity index (χ4v) is 1.77. The largest absolute Gasteiger partial charge is 0.308 e. The van der Waals surface area contributed by atoms with E-state index >= 15 is 0 Å². The molecule has 0 saturated heterocycles. The van der Waals surface area contributed by atoms with Gasteiger partial charge < -0.3 is 5.32 Å². The zero-order valence-corrected chi connectivity index (χ0v) is 9.74. The maximum atomic E-state index is 4.57. The third-order valence-corrected chi connectivity index (χ3v) is 3.38. The molecule has 1 aromatic rings.